The number of carbonyl (C=O) groups excluding carboxylic acids is 1. The Morgan fingerprint density at radius 3 is 2.53 bits per heavy atom. The van der Waals surface area contributed by atoms with Crippen molar-refractivity contribution in [1.29, 1.82) is 0 Å². The molecule has 30 heavy (non-hydrogen) atoms. The molecule has 0 heterocycles. The second kappa shape index (κ2) is 10.5. The zero-order valence-electron chi connectivity index (χ0n) is 16.3. The predicted octanol–water partition coefficient (Wildman–Crippen LogP) is 5.46. The van der Waals surface area contributed by atoms with E-state index in [1.807, 2.05) is 43.3 Å². The average Bonchev–Trinajstić information content (AvgIpc) is 2.73. The lowest BCUT2D eigenvalue weighted by atomic mass is 10.2. The molecule has 0 bridgehead atoms. The van der Waals surface area contributed by atoms with E-state index in [0.717, 1.165) is 21.2 Å². The lowest BCUT2D eigenvalue weighted by Gasteiger charge is -2.09. The number of aryl methyl sites for hydroxylation is 1. The molecule has 0 saturated heterocycles. The van der Waals surface area contributed by atoms with Gasteiger partial charge in [0.05, 0.1) is 10.7 Å². The summed E-state index contributed by atoms with van der Waals surface area (Å²) in [5.41, 5.74) is 3.46. The van der Waals surface area contributed by atoms with Gasteiger partial charge < -0.3 is 14.9 Å². The summed E-state index contributed by atoms with van der Waals surface area (Å²) < 4.78 is 19.4. The summed E-state index contributed by atoms with van der Waals surface area (Å²) in [6.07, 6.45) is 1.51. The molecule has 1 N–H and O–H groups in total. The first kappa shape index (κ1) is 21.5. The van der Waals surface area contributed by atoms with Gasteiger partial charge in [-0.3, -0.25) is 4.79 Å². The highest BCUT2D eigenvalue weighted by molar-refractivity contribution is 9.10. The lowest BCUT2D eigenvalue weighted by molar-refractivity contribution is -0.120. The molecule has 0 saturated carbocycles. The maximum Gasteiger partial charge on any atom is 0.265 e. The van der Waals surface area contributed by atoms with E-state index < -0.39 is 0 Å². The van der Waals surface area contributed by atoms with Crippen LogP contribution >= 0.6 is 15.9 Å². The summed E-state index contributed by atoms with van der Waals surface area (Å²) in [6.45, 7) is 2.11. The average molecular weight is 471 g/mol. The van der Waals surface area contributed by atoms with Crippen LogP contribution in [0, 0.1) is 12.7 Å². The largest absolute Gasteiger partial charge is 0.488 e. The molecular weight excluding hydrogens is 451 g/mol. The van der Waals surface area contributed by atoms with Crippen molar-refractivity contribution in [2.45, 2.75) is 13.5 Å². The number of nitrogens with zero attached hydrogens (tertiary/aromatic N) is 1. The Morgan fingerprint density at radius 2 is 1.83 bits per heavy atom. The topological polar surface area (TPSA) is 59.9 Å². The van der Waals surface area contributed by atoms with Crippen LogP contribution in [0.3, 0.4) is 0 Å². The van der Waals surface area contributed by atoms with Crippen LogP contribution in [0.4, 0.5) is 10.1 Å². The standard InChI is InChI=1S/C23H20BrFN2O3/c1-16-2-9-20(10-3-16)27-23(28)15-30-26-13-18-6-11-22(21(24)12-18)29-14-17-4-7-19(25)8-5-17/h2-13H,14-15H2,1H3,(H,27,28)/b26-13+. The number of ether oxygens (including phenoxy) is 1. The second-order valence-electron chi connectivity index (χ2n) is 6.53. The third kappa shape index (κ3) is 6.70. The maximum atomic E-state index is 12.9. The van der Waals surface area contributed by atoms with Crippen LogP contribution < -0.4 is 10.1 Å². The number of anilines is 1. The highest BCUT2D eigenvalue weighted by atomic mass is 79.9. The van der Waals surface area contributed by atoms with Crippen molar-refractivity contribution in [3.05, 3.63) is 93.7 Å². The number of halogens is 2. The summed E-state index contributed by atoms with van der Waals surface area (Å²) in [7, 11) is 0. The predicted molar refractivity (Wildman–Crippen MR) is 118 cm³/mol. The molecule has 0 spiro atoms. The SMILES string of the molecule is Cc1ccc(NC(=O)CO/N=C/c2ccc(OCc3ccc(F)cc3)c(Br)c2)cc1. The van der Waals surface area contributed by atoms with Crippen molar-refractivity contribution in [1.82, 2.24) is 0 Å². The molecule has 0 aromatic heterocycles. The molecule has 5 nitrogen and oxygen atoms in total. The van der Waals surface area contributed by atoms with E-state index in [4.69, 9.17) is 9.57 Å². The van der Waals surface area contributed by atoms with Gasteiger partial charge in [0.15, 0.2) is 6.61 Å². The Kier molecular flexibility index (Phi) is 7.57. The third-order valence-corrected chi connectivity index (χ3v) is 4.69. The zero-order valence-corrected chi connectivity index (χ0v) is 17.9. The Labute approximate surface area is 182 Å². The first-order chi connectivity index (χ1) is 14.5. The van der Waals surface area contributed by atoms with E-state index in [1.165, 1.54) is 18.3 Å². The maximum absolute atomic E-state index is 12.9. The summed E-state index contributed by atoms with van der Waals surface area (Å²) in [4.78, 5) is 16.9. The molecule has 0 atom stereocenters. The second-order valence-corrected chi connectivity index (χ2v) is 7.38. The summed E-state index contributed by atoms with van der Waals surface area (Å²) in [6, 6.07) is 19.1. The number of benzene rings is 3. The van der Waals surface area contributed by atoms with Gasteiger partial charge in [-0.05, 0) is 76.4 Å². The number of amides is 1. The van der Waals surface area contributed by atoms with E-state index >= 15 is 0 Å². The van der Waals surface area contributed by atoms with Gasteiger partial charge in [0, 0.05) is 5.69 Å². The molecule has 3 rings (SSSR count). The van der Waals surface area contributed by atoms with Crippen molar-refractivity contribution in [2.24, 2.45) is 5.16 Å². The van der Waals surface area contributed by atoms with Gasteiger partial charge in [-0.15, -0.1) is 0 Å². The van der Waals surface area contributed by atoms with Crippen LogP contribution in [0.5, 0.6) is 5.75 Å². The molecule has 0 aliphatic heterocycles. The minimum atomic E-state index is -0.290. The van der Waals surface area contributed by atoms with Crippen molar-refractivity contribution < 1.29 is 18.8 Å². The third-order valence-electron chi connectivity index (χ3n) is 4.07. The fraction of sp³-hybridized carbons (Fsp3) is 0.130. The van der Waals surface area contributed by atoms with Crippen molar-refractivity contribution >= 4 is 33.7 Å². The Morgan fingerprint density at radius 1 is 1.10 bits per heavy atom. The van der Waals surface area contributed by atoms with Gasteiger partial charge in [0.25, 0.3) is 5.91 Å². The van der Waals surface area contributed by atoms with Crippen molar-refractivity contribution in [3.63, 3.8) is 0 Å². The van der Waals surface area contributed by atoms with Gasteiger partial charge >= 0.3 is 0 Å². The fourth-order valence-corrected chi connectivity index (χ4v) is 3.00. The Bertz CT molecular complexity index is 1020. The first-order valence-corrected chi connectivity index (χ1v) is 9.97. The molecule has 0 fully saturated rings. The molecular formula is C23H20BrFN2O3. The molecule has 0 aliphatic carbocycles. The molecule has 3 aromatic rings. The smallest absolute Gasteiger partial charge is 0.265 e. The minimum Gasteiger partial charge on any atom is -0.488 e. The van der Waals surface area contributed by atoms with E-state index in [2.05, 4.69) is 26.4 Å². The molecule has 3 aromatic carbocycles. The number of nitrogens with one attached hydrogen (secondary N) is 1. The molecule has 0 radical (unpaired) electrons. The molecule has 154 valence electrons. The van der Waals surface area contributed by atoms with E-state index in [1.54, 1.807) is 18.2 Å². The fourth-order valence-electron chi connectivity index (χ4n) is 2.48. The van der Waals surface area contributed by atoms with Crippen LogP contribution in [0.15, 0.2) is 76.4 Å². The van der Waals surface area contributed by atoms with Gasteiger partial charge in [-0.1, -0.05) is 35.0 Å². The van der Waals surface area contributed by atoms with E-state index in [0.29, 0.717) is 18.0 Å². The summed E-state index contributed by atoms with van der Waals surface area (Å²) >= 11 is 3.46. The van der Waals surface area contributed by atoms with Crippen LogP contribution in [0.25, 0.3) is 0 Å². The van der Waals surface area contributed by atoms with Gasteiger partial charge in [-0.2, -0.15) is 0 Å². The molecule has 7 heteroatoms. The number of oxime groups is 1. The number of hydrogen-bond donors (Lipinski definition) is 1. The van der Waals surface area contributed by atoms with Crippen LogP contribution in [0.1, 0.15) is 16.7 Å². The lowest BCUT2D eigenvalue weighted by Crippen LogP contribution is -2.16. The van der Waals surface area contributed by atoms with Crippen molar-refractivity contribution in [3.8, 4) is 5.75 Å². The molecule has 1 amide bonds. The summed E-state index contributed by atoms with van der Waals surface area (Å²) in [5, 5.41) is 6.56. The van der Waals surface area contributed by atoms with Crippen molar-refractivity contribution in [2.75, 3.05) is 11.9 Å². The Balaban J connectivity index is 1.46. The number of carbonyl (C=O) groups is 1. The molecule has 0 unspecified atom stereocenters. The first-order valence-electron chi connectivity index (χ1n) is 9.18. The summed E-state index contributed by atoms with van der Waals surface area (Å²) in [5.74, 6) is 0.0787. The highest BCUT2D eigenvalue weighted by Crippen LogP contribution is 2.26. The van der Waals surface area contributed by atoms with Crippen LogP contribution in [0.2, 0.25) is 0 Å². The monoisotopic (exact) mass is 470 g/mol. The van der Waals surface area contributed by atoms with Gasteiger partial charge in [0.2, 0.25) is 0 Å². The normalized spacial score (nSPS) is 10.8. The van der Waals surface area contributed by atoms with Gasteiger partial charge in [0.1, 0.15) is 18.2 Å². The highest BCUT2D eigenvalue weighted by Gasteiger charge is 2.04. The number of rotatable bonds is 8. The molecule has 0 aliphatic rings. The Hall–Kier alpha value is -3.19. The van der Waals surface area contributed by atoms with E-state index in [9.17, 15) is 9.18 Å². The quantitative estimate of drug-likeness (QED) is 0.351. The zero-order chi connectivity index (χ0) is 21.3. The number of hydrogen-bond acceptors (Lipinski definition) is 4. The van der Waals surface area contributed by atoms with Crippen LogP contribution in [-0.4, -0.2) is 18.7 Å². The van der Waals surface area contributed by atoms with Crippen LogP contribution in [-0.2, 0) is 16.2 Å². The van der Waals surface area contributed by atoms with Gasteiger partial charge in [-0.25, -0.2) is 4.39 Å². The minimum absolute atomic E-state index is 0.190. The van der Waals surface area contributed by atoms with E-state index in [-0.39, 0.29) is 18.3 Å².